The third-order valence-corrected chi connectivity index (χ3v) is 7.57. The number of nitrogens with zero attached hydrogens (tertiary/aromatic N) is 1. The first kappa shape index (κ1) is 16.5. The van der Waals surface area contributed by atoms with Gasteiger partial charge in [0, 0.05) is 27.4 Å². The second-order valence-corrected chi connectivity index (χ2v) is 9.43. The van der Waals surface area contributed by atoms with Crippen LogP contribution in [-0.4, -0.2) is 11.3 Å². The van der Waals surface area contributed by atoms with E-state index in [1.807, 2.05) is 0 Å². The molecule has 2 heteroatoms. The van der Waals surface area contributed by atoms with Crippen LogP contribution in [0.5, 0.6) is 0 Å². The number of aromatic nitrogens is 1. The van der Waals surface area contributed by atoms with E-state index in [4.69, 9.17) is 0 Å². The molecule has 0 N–H and O–H groups in total. The van der Waals surface area contributed by atoms with E-state index in [-0.39, 0.29) is 5.41 Å². The van der Waals surface area contributed by atoms with Crippen molar-refractivity contribution in [3.05, 3.63) is 95.6 Å². The first-order chi connectivity index (χ1) is 14.6. The van der Waals surface area contributed by atoms with E-state index in [1.165, 1.54) is 60.6 Å². The van der Waals surface area contributed by atoms with Crippen LogP contribution in [0, 0.1) is 6.92 Å². The Morgan fingerprint density at radius 2 is 1.47 bits per heavy atom. The summed E-state index contributed by atoms with van der Waals surface area (Å²) in [6.07, 6.45) is 0. The highest BCUT2D eigenvalue weighted by atomic mass is 15.0. The van der Waals surface area contributed by atoms with Gasteiger partial charge in [0.2, 0.25) is 6.71 Å². The molecule has 0 amide bonds. The molecule has 0 unspecified atom stereocenters. The lowest BCUT2D eigenvalue weighted by atomic mass is 9.30. The summed E-state index contributed by atoms with van der Waals surface area (Å²) in [4.78, 5) is 0. The molecule has 142 valence electrons. The average Bonchev–Trinajstić information content (AvgIpc) is 3.09. The molecule has 2 aliphatic rings. The quantitative estimate of drug-likeness (QED) is 0.339. The zero-order chi connectivity index (χ0) is 20.2. The van der Waals surface area contributed by atoms with Crippen molar-refractivity contribution in [3.8, 4) is 5.69 Å². The van der Waals surface area contributed by atoms with Crippen molar-refractivity contribution in [2.24, 2.45) is 0 Å². The van der Waals surface area contributed by atoms with Gasteiger partial charge in [-0.15, -0.1) is 0 Å². The Hall–Kier alpha value is -3.26. The van der Waals surface area contributed by atoms with Crippen LogP contribution >= 0.6 is 0 Å². The second-order valence-electron chi connectivity index (χ2n) is 9.43. The van der Waals surface area contributed by atoms with Gasteiger partial charge in [0.15, 0.2) is 0 Å². The fraction of sp³-hybridized carbons (Fsp3) is 0.143. The van der Waals surface area contributed by atoms with E-state index in [0.29, 0.717) is 6.71 Å². The van der Waals surface area contributed by atoms with E-state index in [0.717, 1.165) is 0 Å². The smallest absolute Gasteiger partial charge is 0.247 e. The predicted molar refractivity (Wildman–Crippen MR) is 129 cm³/mol. The van der Waals surface area contributed by atoms with E-state index >= 15 is 0 Å². The van der Waals surface area contributed by atoms with Crippen LogP contribution in [0.25, 0.3) is 27.5 Å². The molecule has 0 spiro atoms. The van der Waals surface area contributed by atoms with Crippen molar-refractivity contribution < 1.29 is 0 Å². The maximum atomic E-state index is 2.53. The van der Waals surface area contributed by atoms with E-state index in [9.17, 15) is 0 Å². The fourth-order valence-corrected chi connectivity index (χ4v) is 6.49. The number of rotatable bonds is 0. The summed E-state index contributed by atoms with van der Waals surface area (Å²) in [5.74, 6) is 0. The summed E-state index contributed by atoms with van der Waals surface area (Å²) in [5, 5.41) is 2.70. The molecule has 0 bridgehead atoms. The summed E-state index contributed by atoms with van der Waals surface area (Å²) in [6.45, 7) is 7.37. The van der Waals surface area contributed by atoms with Crippen molar-refractivity contribution in [1.29, 1.82) is 0 Å². The number of aryl methyl sites for hydroxylation is 1. The zero-order valence-electron chi connectivity index (χ0n) is 17.5. The van der Waals surface area contributed by atoms with Gasteiger partial charge in [0.25, 0.3) is 0 Å². The minimum absolute atomic E-state index is 0.0170. The average molecular weight is 383 g/mol. The molecular formula is C28H22BN. The molecular weight excluding hydrogens is 361 g/mol. The normalized spacial score (nSPS) is 15.4. The topological polar surface area (TPSA) is 4.93 Å². The first-order valence-corrected chi connectivity index (χ1v) is 10.8. The molecule has 0 aliphatic carbocycles. The van der Waals surface area contributed by atoms with Crippen molar-refractivity contribution >= 4 is 44.9 Å². The Labute approximate surface area is 177 Å². The van der Waals surface area contributed by atoms with Gasteiger partial charge in [-0.25, -0.2) is 0 Å². The molecule has 0 radical (unpaired) electrons. The van der Waals surface area contributed by atoms with Gasteiger partial charge in [0.1, 0.15) is 0 Å². The first-order valence-electron chi connectivity index (χ1n) is 10.8. The van der Waals surface area contributed by atoms with Crippen LogP contribution in [0.2, 0.25) is 0 Å². The van der Waals surface area contributed by atoms with Crippen molar-refractivity contribution in [3.63, 3.8) is 0 Å². The lowest BCUT2D eigenvalue weighted by Crippen LogP contribution is -2.63. The van der Waals surface area contributed by atoms with Crippen LogP contribution in [0.3, 0.4) is 0 Å². The molecule has 0 fully saturated rings. The molecule has 30 heavy (non-hydrogen) atoms. The van der Waals surface area contributed by atoms with Gasteiger partial charge >= 0.3 is 0 Å². The number of para-hydroxylation sites is 2. The van der Waals surface area contributed by atoms with Crippen LogP contribution in [0.15, 0.2) is 78.9 Å². The highest BCUT2D eigenvalue weighted by molar-refractivity contribution is 6.99. The predicted octanol–water partition coefficient (Wildman–Crippen LogP) is 4.56. The van der Waals surface area contributed by atoms with Crippen molar-refractivity contribution in [2.75, 3.05) is 0 Å². The van der Waals surface area contributed by atoms with Crippen LogP contribution < -0.4 is 16.4 Å². The van der Waals surface area contributed by atoms with Gasteiger partial charge in [0.05, 0.1) is 5.52 Å². The Bertz CT molecular complexity index is 1540. The Kier molecular flexibility index (Phi) is 2.90. The van der Waals surface area contributed by atoms with Gasteiger partial charge in [-0.05, 0) is 46.7 Å². The standard InChI is InChI=1S/C28H22BN/c1-17-15-16-24-26-25(17)28(2,3)20-11-5-6-12-21(20)29(26)22-13-8-10-19-18-9-4-7-14-23(18)30(24)27(19)22/h4-16H,1-3H3. The minimum Gasteiger partial charge on any atom is -0.310 e. The molecule has 0 saturated carbocycles. The molecule has 1 aromatic heterocycles. The summed E-state index contributed by atoms with van der Waals surface area (Å²) in [6, 6.07) is 29.5. The Balaban J connectivity index is 1.78. The van der Waals surface area contributed by atoms with E-state index in [2.05, 4.69) is 104 Å². The van der Waals surface area contributed by atoms with Crippen molar-refractivity contribution in [1.82, 2.24) is 4.57 Å². The third-order valence-electron chi connectivity index (χ3n) is 7.57. The van der Waals surface area contributed by atoms with E-state index in [1.54, 1.807) is 0 Å². The molecule has 1 nitrogen and oxygen atoms in total. The molecule has 7 rings (SSSR count). The Morgan fingerprint density at radius 1 is 0.733 bits per heavy atom. The van der Waals surface area contributed by atoms with Crippen molar-refractivity contribution in [2.45, 2.75) is 26.2 Å². The summed E-state index contributed by atoms with van der Waals surface area (Å²) in [5.41, 5.74) is 12.8. The van der Waals surface area contributed by atoms with Gasteiger partial charge in [-0.2, -0.15) is 0 Å². The maximum Gasteiger partial charge on any atom is 0.247 e. The molecule has 0 atom stereocenters. The third kappa shape index (κ3) is 1.73. The summed E-state index contributed by atoms with van der Waals surface area (Å²) in [7, 11) is 0. The highest BCUT2D eigenvalue weighted by Gasteiger charge is 2.45. The molecule has 2 aliphatic heterocycles. The lowest BCUT2D eigenvalue weighted by molar-refractivity contribution is 0.640. The molecule has 3 heterocycles. The molecule has 5 aromatic rings. The van der Waals surface area contributed by atoms with Gasteiger partial charge < -0.3 is 4.57 Å². The zero-order valence-corrected chi connectivity index (χ0v) is 17.5. The number of fused-ring (bicyclic) bond motifs is 7. The maximum absolute atomic E-state index is 2.53. The van der Waals surface area contributed by atoms with Gasteiger partial charge in [-0.1, -0.05) is 86.0 Å². The minimum atomic E-state index is -0.0170. The SMILES string of the molecule is Cc1ccc2c3c1C(C)(C)c1ccccc1B3c1cccc3c4ccccc4n-2c13. The highest BCUT2D eigenvalue weighted by Crippen LogP contribution is 2.40. The fourth-order valence-electron chi connectivity index (χ4n) is 6.49. The lowest BCUT2D eigenvalue weighted by Gasteiger charge is -2.42. The number of benzene rings is 4. The van der Waals surface area contributed by atoms with E-state index < -0.39 is 0 Å². The number of hydrogen-bond donors (Lipinski definition) is 0. The monoisotopic (exact) mass is 383 g/mol. The molecule has 0 saturated heterocycles. The Morgan fingerprint density at radius 3 is 2.37 bits per heavy atom. The summed E-state index contributed by atoms with van der Waals surface area (Å²) < 4.78 is 2.53. The van der Waals surface area contributed by atoms with Gasteiger partial charge in [-0.3, -0.25) is 0 Å². The second kappa shape index (κ2) is 5.26. The van der Waals surface area contributed by atoms with Crippen LogP contribution in [0.4, 0.5) is 0 Å². The number of hydrogen-bond acceptors (Lipinski definition) is 0. The summed E-state index contributed by atoms with van der Waals surface area (Å²) >= 11 is 0. The van der Waals surface area contributed by atoms with Crippen LogP contribution in [0.1, 0.15) is 30.5 Å². The molecule has 4 aromatic carbocycles. The van der Waals surface area contributed by atoms with Crippen LogP contribution in [-0.2, 0) is 5.41 Å². The largest absolute Gasteiger partial charge is 0.310 e.